The number of hydrogen-bond acceptors (Lipinski definition) is 1. The van der Waals surface area contributed by atoms with E-state index in [1.165, 1.54) is 61.0 Å². The van der Waals surface area contributed by atoms with Crippen molar-refractivity contribution in [2.45, 2.75) is 11.8 Å². The lowest BCUT2D eigenvalue weighted by Gasteiger charge is -2.34. The molecule has 0 bridgehead atoms. The maximum absolute atomic E-state index is 6.55. The number of rotatable bonds is 2. The number of benzene rings is 6. The van der Waals surface area contributed by atoms with Crippen LogP contribution in [0.2, 0.25) is 0 Å². The average Bonchev–Trinajstić information content (AvgIpc) is 3.67. The van der Waals surface area contributed by atoms with Crippen molar-refractivity contribution >= 4 is 53.8 Å². The lowest BCUT2D eigenvalue weighted by molar-refractivity contribution is 0.666. The van der Waals surface area contributed by atoms with Gasteiger partial charge in [0.1, 0.15) is 11.2 Å². The molecule has 0 saturated carbocycles. The predicted molar refractivity (Wildman–Crippen MR) is 175 cm³/mol. The lowest BCUT2D eigenvalue weighted by Crippen LogP contribution is -2.28. The summed E-state index contributed by atoms with van der Waals surface area (Å²) in [5, 5.41) is 2.33. The van der Waals surface area contributed by atoms with Gasteiger partial charge < -0.3 is 4.42 Å². The normalized spacial score (nSPS) is 14.2. The molecular weight excluding hydrogens is 632 g/mol. The summed E-state index contributed by atoms with van der Waals surface area (Å²) in [6, 6.07) is 44.0. The molecule has 41 heavy (non-hydrogen) atoms. The van der Waals surface area contributed by atoms with E-state index in [2.05, 4.69) is 153 Å². The molecule has 0 fully saturated rings. The van der Waals surface area contributed by atoms with Gasteiger partial charge >= 0.3 is 0 Å². The van der Waals surface area contributed by atoms with Gasteiger partial charge in [-0.2, -0.15) is 0 Å². The van der Waals surface area contributed by atoms with Crippen LogP contribution in [0.1, 0.15) is 33.4 Å². The van der Waals surface area contributed by atoms with Crippen LogP contribution >= 0.6 is 31.9 Å². The van der Waals surface area contributed by atoms with Crippen molar-refractivity contribution in [3.05, 3.63) is 164 Å². The van der Waals surface area contributed by atoms with Crippen LogP contribution in [0, 0.1) is 0 Å². The van der Waals surface area contributed by atoms with Gasteiger partial charge in [0.2, 0.25) is 0 Å². The molecule has 0 N–H and O–H groups in total. The van der Waals surface area contributed by atoms with Crippen molar-refractivity contribution in [2.75, 3.05) is 0 Å². The summed E-state index contributed by atoms with van der Waals surface area (Å²) in [6.07, 6.45) is 0.903. The number of halogens is 2. The van der Waals surface area contributed by atoms with Gasteiger partial charge in [0.15, 0.2) is 0 Å². The standard InChI is InChI=1S/C38H22Br2O/c39-30-20-28-34(27-19-22-11-7-8-16-25(22)33(27)30)36-29(21-31(40)37-35(36)26-17-9-10-18-32(26)41-37)38(28,23-12-3-1-4-13-23)24-14-5-2-6-15-24/h1-18,20-21H,19H2. The Balaban J connectivity index is 1.56. The monoisotopic (exact) mass is 652 g/mol. The van der Waals surface area contributed by atoms with E-state index >= 15 is 0 Å². The van der Waals surface area contributed by atoms with Crippen LogP contribution in [0.4, 0.5) is 0 Å². The first-order valence-electron chi connectivity index (χ1n) is 13.9. The lowest BCUT2D eigenvalue weighted by atomic mass is 9.67. The highest BCUT2D eigenvalue weighted by molar-refractivity contribution is 9.11. The van der Waals surface area contributed by atoms with Gasteiger partial charge in [-0.25, -0.2) is 0 Å². The summed E-state index contributed by atoms with van der Waals surface area (Å²) in [4.78, 5) is 0. The molecule has 3 heteroatoms. The molecule has 2 aliphatic rings. The Morgan fingerprint density at radius 2 is 1.20 bits per heavy atom. The van der Waals surface area contributed by atoms with Gasteiger partial charge in [0.25, 0.3) is 0 Å². The zero-order chi connectivity index (χ0) is 27.3. The fraction of sp³-hybridized carbons (Fsp3) is 0.0526. The maximum Gasteiger partial charge on any atom is 0.150 e. The first-order chi connectivity index (χ1) is 20.2. The van der Waals surface area contributed by atoms with E-state index in [9.17, 15) is 0 Å². The summed E-state index contributed by atoms with van der Waals surface area (Å²) in [5.41, 5.74) is 14.4. The Morgan fingerprint density at radius 3 is 1.95 bits per heavy atom. The molecule has 0 amide bonds. The summed E-state index contributed by atoms with van der Waals surface area (Å²) in [7, 11) is 0. The second-order valence-electron chi connectivity index (χ2n) is 11.0. The molecule has 1 aromatic heterocycles. The third kappa shape index (κ3) is 3.01. The highest BCUT2D eigenvalue weighted by Crippen LogP contribution is 2.63. The molecule has 1 nitrogen and oxygen atoms in total. The van der Waals surface area contributed by atoms with Gasteiger partial charge in [0.05, 0.1) is 9.89 Å². The summed E-state index contributed by atoms with van der Waals surface area (Å²) in [5.74, 6) is 0. The molecule has 0 saturated heterocycles. The van der Waals surface area contributed by atoms with Crippen LogP contribution in [0.15, 0.2) is 135 Å². The Morgan fingerprint density at radius 1 is 0.585 bits per heavy atom. The molecule has 2 aliphatic carbocycles. The molecule has 1 heterocycles. The molecule has 9 rings (SSSR count). The van der Waals surface area contributed by atoms with E-state index in [1.54, 1.807) is 0 Å². The van der Waals surface area contributed by atoms with E-state index in [1.807, 2.05) is 0 Å². The number of fused-ring (bicyclic) bond motifs is 11. The molecule has 0 unspecified atom stereocenters. The van der Waals surface area contributed by atoms with Crippen molar-refractivity contribution < 1.29 is 4.42 Å². The quantitative estimate of drug-likeness (QED) is 0.181. The Bertz CT molecular complexity index is 2150. The van der Waals surface area contributed by atoms with Gasteiger partial charge in [-0.15, -0.1) is 0 Å². The summed E-state index contributed by atoms with van der Waals surface area (Å²) >= 11 is 8.05. The first-order valence-corrected chi connectivity index (χ1v) is 15.5. The smallest absolute Gasteiger partial charge is 0.150 e. The third-order valence-corrected chi connectivity index (χ3v) is 10.3. The predicted octanol–water partition coefficient (Wildman–Crippen LogP) is 11.0. The topological polar surface area (TPSA) is 13.1 Å². The summed E-state index contributed by atoms with van der Waals surface area (Å²) < 4.78 is 8.68. The molecular formula is C38H22Br2O. The van der Waals surface area contributed by atoms with Crippen molar-refractivity contribution in [1.29, 1.82) is 0 Å². The van der Waals surface area contributed by atoms with Gasteiger partial charge in [-0.3, -0.25) is 0 Å². The fourth-order valence-electron chi connectivity index (χ4n) is 7.59. The van der Waals surface area contributed by atoms with E-state index in [0.717, 1.165) is 31.9 Å². The Kier molecular flexibility index (Phi) is 4.95. The molecule has 0 radical (unpaired) electrons. The SMILES string of the molecule is Brc1cc2c(c3c1-c1ccccc1C3)-c1c(cc(Br)c3oc4ccccc4c13)C2(c1ccccc1)c1ccccc1. The van der Waals surface area contributed by atoms with E-state index in [4.69, 9.17) is 4.42 Å². The van der Waals surface area contributed by atoms with Gasteiger partial charge in [0, 0.05) is 20.8 Å². The average molecular weight is 654 g/mol. The van der Waals surface area contributed by atoms with Gasteiger partial charge in [-0.1, -0.05) is 119 Å². The number of hydrogen-bond donors (Lipinski definition) is 0. The second-order valence-corrected chi connectivity index (χ2v) is 12.7. The fourth-order valence-corrected chi connectivity index (χ4v) is 8.78. The Labute approximate surface area is 254 Å². The minimum Gasteiger partial charge on any atom is -0.455 e. The zero-order valence-electron chi connectivity index (χ0n) is 21.9. The largest absolute Gasteiger partial charge is 0.455 e. The maximum atomic E-state index is 6.55. The Hall–Kier alpha value is -3.92. The number of furan rings is 1. The van der Waals surface area contributed by atoms with Crippen molar-refractivity contribution in [3.8, 4) is 22.3 Å². The van der Waals surface area contributed by atoms with Crippen molar-refractivity contribution in [3.63, 3.8) is 0 Å². The highest BCUT2D eigenvalue weighted by Gasteiger charge is 2.49. The molecule has 6 aromatic carbocycles. The van der Waals surface area contributed by atoms with Crippen LogP contribution in [0.5, 0.6) is 0 Å². The van der Waals surface area contributed by atoms with Crippen LogP contribution in [-0.2, 0) is 11.8 Å². The van der Waals surface area contributed by atoms with E-state index in [0.29, 0.717) is 0 Å². The summed E-state index contributed by atoms with van der Waals surface area (Å²) in [6.45, 7) is 0. The first kappa shape index (κ1) is 23.8. The van der Waals surface area contributed by atoms with Crippen LogP contribution in [0.25, 0.3) is 44.2 Å². The van der Waals surface area contributed by atoms with E-state index in [-0.39, 0.29) is 0 Å². The molecule has 194 valence electrons. The van der Waals surface area contributed by atoms with Crippen LogP contribution < -0.4 is 0 Å². The van der Waals surface area contributed by atoms with E-state index < -0.39 is 5.41 Å². The highest BCUT2D eigenvalue weighted by atomic mass is 79.9. The number of para-hydroxylation sites is 1. The third-order valence-electron chi connectivity index (χ3n) is 9.11. The minimum absolute atomic E-state index is 0.505. The zero-order valence-corrected chi connectivity index (χ0v) is 25.1. The molecule has 7 aromatic rings. The van der Waals surface area contributed by atoms with Gasteiger partial charge in [-0.05, 0) is 90.6 Å². The van der Waals surface area contributed by atoms with Crippen LogP contribution in [0.3, 0.4) is 0 Å². The molecule has 0 atom stereocenters. The van der Waals surface area contributed by atoms with Crippen molar-refractivity contribution in [2.24, 2.45) is 0 Å². The molecule has 0 spiro atoms. The molecule has 0 aliphatic heterocycles. The minimum atomic E-state index is -0.505. The van der Waals surface area contributed by atoms with Crippen molar-refractivity contribution in [1.82, 2.24) is 0 Å². The van der Waals surface area contributed by atoms with Crippen LogP contribution in [-0.4, -0.2) is 0 Å². The second kappa shape index (κ2) is 8.55.